The minimum Gasteiger partial charge on any atom is -0.496 e. The molecule has 1 fully saturated rings. The first-order chi connectivity index (χ1) is 11.8. The van der Waals surface area contributed by atoms with Gasteiger partial charge in [0.05, 0.1) is 12.8 Å². The Balaban J connectivity index is 1.75. The van der Waals surface area contributed by atoms with E-state index >= 15 is 0 Å². The number of aromatic nitrogens is 2. The van der Waals surface area contributed by atoms with E-state index in [4.69, 9.17) is 9.47 Å². The molecule has 2 aromatic rings. The molecule has 25 heavy (non-hydrogen) atoms. The maximum Gasteiger partial charge on any atom is 0.233 e. The zero-order chi connectivity index (χ0) is 18.1. The fraction of sp³-hybridized carbons (Fsp3) is 0.500. The molecule has 134 valence electrons. The normalized spacial score (nSPS) is 19.4. The van der Waals surface area contributed by atoms with Gasteiger partial charge in [-0.15, -0.1) is 10.2 Å². The number of hydrogen-bond acceptors (Lipinski definition) is 5. The van der Waals surface area contributed by atoms with Crippen molar-refractivity contribution < 1.29 is 9.47 Å². The first-order valence-corrected chi connectivity index (χ1v) is 8.71. The van der Waals surface area contributed by atoms with Gasteiger partial charge in [-0.1, -0.05) is 12.1 Å². The molecule has 0 spiro atoms. The highest BCUT2D eigenvalue weighted by Gasteiger charge is 2.38. The zero-order valence-corrected chi connectivity index (χ0v) is 15.7. The lowest BCUT2D eigenvalue weighted by molar-refractivity contribution is 0.0524. The lowest BCUT2D eigenvalue weighted by Crippen LogP contribution is -2.60. The van der Waals surface area contributed by atoms with Crippen LogP contribution in [0.2, 0.25) is 0 Å². The molecule has 0 unspecified atom stereocenters. The van der Waals surface area contributed by atoms with Crippen molar-refractivity contribution in [1.29, 1.82) is 0 Å². The van der Waals surface area contributed by atoms with Crippen molar-refractivity contribution in [3.63, 3.8) is 0 Å². The van der Waals surface area contributed by atoms with Gasteiger partial charge in [0.2, 0.25) is 5.88 Å². The second kappa shape index (κ2) is 6.64. The van der Waals surface area contributed by atoms with Gasteiger partial charge in [0.15, 0.2) is 0 Å². The molecule has 2 heterocycles. The quantitative estimate of drug-likeness (QED) is 0.916. The Hall–Kier alpha value is -2.14. The smallest absolute Gasteiger partial charge is 0.233 e. The van der Waals surface area contributed by atoms with Crippen LogP contribution in [0.1, 0.15) is 40.5 Å². The van der Waals surface area contributed by atoms with E-state index in [9.17, 15) is 0 Å². The molecule has 0 aliphatic carbocycles. The predicted octanol–water partition coefficient (Wildman–Crippen LogP) is 3.84. The fourth-order valence-corrected chi connectivity index (χ4v) is 3.87. The van der Waals surface area contributed by atoms with Crippen LogP contribution < -0.4 is 14.8 Å². The number of nitrogens with zero attached hydrogens (tertiary/aromatic N) is 2. The van der Waals surface area contributed by atoms with Gasteiger partial charge < -0.3 is 14.8 Å². The van der Waals surface area contributed by atoms with Crippen molar-refractivity contribution in [3.05, 3.63) is 36.4 Å². The highest BCUT2D eigenvalue weighted by molar-refractivity contribution is 5.66. The van der Waals surface area contributed by atoms with Gasteiger partial charge in [-0.2, -0.15) is 0 Å². The van der Waals surface area contributed by atoms with Gasteiger partial charge in [-0.25, -0.2) is 0 Å². The first kappa shape index (κ1) is 17.7. The maximum atomic E-state index is 6.13. The van der Waals surface area contributed by atoms with E-state index in [1.165, 1.54) is 0 Å². The first-order valence-electron chi connectivity index (χ1n) is 8.71. The van der Waals surface area contributed by atoms with Crippen LogP contribution in [0.3, 0.4) is 0 Å². The summed E-state index contributed by atoms with van der Waals surface area (Å²) in [6, 6.07) is 11.6. The van der Waals surface area contributed by atoms with Gasteiger partial charge in [-0.05, 0) is 45.9 Å². The molecule has 0 atom stereocenters. The molecular formula is C20H27N3O2. The summed E-state index contributed by atoms with van der Waals surface area (Å²) in [6.07, 6.45) is 2.00. The maximum absolute atomic E-state index is 6.13. The fourth-order valence-electron chi connectivity index (χ4n) is 3.87. The average Bonchev–Trinajstić information content (AvgIpc) is 2.52. The number of ether oxygens (including phenoxy) is 2. The topological polar surface area (TPSA) is 56.3 Å². The monoisotopic (exact) mass is 341 g/mol. The van der Waals surface area contributed by atoms with Crippen LogP contribution in [-0.4, -0.2) is 34.5 Å². The molecule has 1 aliphatic rings. The van der Waals surface area contributed by atoms with Gasteiger partial charge >= 0.3 is 0 Å². The number of piperidine rings is 1. The molecule has 0 bridgehead atoms. The minimum atomic E-state index is 0.0389. The van der Waals surface area contributed by atoms with Crippen LogP contribution in [0, 0.1) is 0 Å². The molecule has 1 N–H and O–H groups in total. The van der Waals surface area contributed by atoms with Crippen molar-refractivity contribution in [2.45, 2.75) is 57.7 Å². The summed E-state index contributed by atoms with van der Waals surface area (Å²) < 4.78 is 11.5. The Morgan fingerprint density at radius 2 is 1.64 bits per heavy atom. The third-order valence-electron chi connectivity index (χ3n) is 4.46. The van der Waals surface area contributed by atoms with Crippen LogP contribution in [-0.2, 0) is 0 Å². The third kappa shape index (κ3) is 4.28. The van der Waals surface area contributed by atoms with Crippen molar-refractivity contribution in [1.82, 2.24) is 15.5 Å². The Morgan fingerprint density at radius 1 is 0.960 bits per heavy atom. The van der Waals surface area contributed by atoms with Crippen LogP contribution in [0.4, 0.5) is 0 Å². The number of methoxy groups -OCH3 is 1. The molecule has 1 aromatic carbocycles. The van der Waals surface area contributed by atoms with Crippen molar-refractivity contribution in [2.24, 2.45) is 0 Å². The van der Waals surface area contributed by atoms with E-state index in [0.29, 0.717) is 5.88 Å². The second-order valence-corrected chi connectivity index (χ2v) is 8.00. The minimum absolute atomic E-state index is 0.0389. The van der Waals surface area contributed by atoms with E-state index in [1.807, 2.05) is 36.4 Å². The summed E-state index contributed by atoms with van der Waals surface area (Å²) in [4.78, 5) is 0. The number of hydrogen-bond donors (Lipinski definition) is 1. The molecule has 3 rings (SSSR count). The highest BCUT2D eigenvalue weighted by atomic mass is 16.5. The summed E-state index contributed by atoms with van der Waals surface area (Å²) in [5.41, 5.74) is 1.78. The number of nitrogens with one attached hydrogen (secondary N) is 1. The SMILES string of the molecule is COc1ccccc1-c1ccc(OC2CC(C)(C)NC(C)(C)C2)nn1. The average molecular weight is 341 g/mol. The number of benzene rings is 1. The molecule has 1 saturated heterocycles. The molecule has 1 aliphatic heterocycles. The summed E-state index contributed by atoms with van der Waals surface area (Å²) in [7, 11) is 1.66. The molecule has 1 aromatic heterocycles. The summed E-state index contributed by atoms with van der Waals surface area (Å²) >= 11 is 0. The van der Waals surface area contributed by atoms with Crippen LogP contribution in [0.25, 0.3) is 11.3 Å². The van der Waals surface area contributed by atoms with E-state index in [-0.39, 0.29) is 17.2 Å². The summed E-state index contributed by atoms with van der Waals surface area (Å²) in [6.45, 7) is 8.84. The number of rotatable bonds is 4. The Labute approximate surface area is 149 Å². The van der Waals surface area contributed by atoms with E-state index < -0.39 is 0 Å². The van der Waals surface area contributed by atoms with Crippen LogP contribution in [0.5, 0.6) is 11.6 Å². The van der Waals surface area contributed by atoms with Gasteiger partial charge in [-0.3, -0.25) is 0 Å². The second-order valence-electron chi connectivity index (χ2n) is 8.00. The van der Waals surface area contributed by atoms with Crippen molar-refractivity contribution in [3.8, 4) is 22.9 Å². The third-order valence-corrected chi connectivity index (χ3v) is 4.46. The molecule has 0 radical (unpaired) electrons. The van der Waals surface area contributed by atoms with Gasteiger partial charge in [0, 0.05) is 35.5 Å². The van der Waals surface area contributed by atoms with E-state index in [1.54, 1.807) is 7.11 Å². The largest absolute Gasteiger partial charge is 0.496 e. The lowest BCUT2D eigenvalue weighted by Gasteiger charge is -2.46. The lowest BCUT2D eigenvalue weighted by atomic mass is 9.81. The molecule has 0 amide bonds. The Kier molecular flexibility index (Phi) is 4.69. The number of para-hydroxylation sites is 1. The van der Waals surface area contributed by atoms with Crippen molar-refractivity contribution >= 4 is 0 Å². The van der Waals surface area contributed by atoms with E-state index in [2.05, 4.69) is 43.2 Å². The van der Waals surface area contributed by atoms with Crippen molar-refractivity contribution in [2.75, 3.05) is 7.11 Å². The molecule has 5 nitrogen and oxygen atoms in total. The van der Waals surface area contributed by atoms with E-state index in [0.717, 1.165) is 29.8 Å². The molecule has 5 heteroatoms. The van der Waals surface area contributed by atoms with Crippen LogP contribution >= 0.6 is 0 Å². The summed E-state index contributed by atoms with van der Waals surface area (Å²) in [5, 5.41) is 12.3. The summed E-state index contributed by atoms with van der Waals surface area (Å²) in [5.74, 6) is 1.35. The Morgan fingerprint density at radius 3 is 2.24 bits per heavy atom. The standard InChI is InChI=1S/C20H27N3O2/c1-19(2)12-14(13-20(3,4)23-19)25-18-11-10-16(21-22-18)15-8-6-7-9-17(15)24-5/h6-11,14,23H,12-13H2,1-5H3. The Bertz CT molecular complexity index is 710. The molecular weight excluding hydrogens is 314 g/mol. The van der Waals surface area contributed by atoms with Gasteiger partial charge in [0.1, 0.15) is 11.9 Å². The predicted molar refractivity (Wildman–Crippen MR) is 99.0 cm³/mol. The zero-order valence-electron chi connectivity index (χ0n) is 15.7. The highest BCUT2D eigenvalue weighted by Crippen LogP contribution is 2.32. The molecule has 0 saturated carbocycles. The van der Waals surface area contributed by atoms with Gasteiger partial charge in [0.25, 0.3) is 0 Å². The van der Waals surface area contributed by atoms with Crippen LogP contribution in [0.15, 0.2) is 36.4 Å².